The van der Waals surface area contributed by atoms with Crippen LogP contribution in [-0.4, -0.2) is 9.97 Å². The zero-order chi connectivity index (χ0) is 13.1. The van der Waals surface area contributed by atoms with Crippen molar-refractivity contribution in [1.29, 1.82) is 0 Å². The summed E-state index contributed by atoms with van der Waals surface area (Å²) >= 11 is 0. The predicted molar refractivity (Wildman–Crippen MR) is 77.8 cm³/mol. The zero-order valence-corrected chi connectivity index (χ0v) is 10.6. The molecule has 19 heavy (non-hydrogen) atoms. The highest BCUT2D eigenvalue weighted by molar-refractivity contribution is 5.81. The molecule has 0 saturated carbocycles. The van der Waals surface area contributed by atoms with Gasteiger partial charge < -0.3 is 5.73 Å². The number of anilines is 1. The van der Waals surface area contributed by atoms with Crippen LogP contribution in [0.2, 0.25) is 0 Å². The molecule has 0 radical (unpaired) electrons. The Morgan fingerprint density at radius 3 is 2.63 bits per heavy atom. The number of aromatic nitrogens is 2. The van der Waals surface area contributed by atoms with Crippen LogP contribution in [0.5, 0.6) is 0 Å². The van der Waals surface area contributed by atoms with Crippen molar-refractivity contribution in [3.05, 3.63) is 66.1 Å². The number of hydrogen-bond donors (Lipinski definition) is 1. The quantitative estimate of drug-likeness (QED) is 0.776. The van der Waals surface area contributed by atoms with Gasteiger partial charge in [0, 0.05) is 29.7 Å². The lowest BCUT2D eigenvalue weighted by atomic mass is 10.0. The summed E-state index contributed by atoms with van der Waals surface area (Å²) in [5.41, 5.74) is 10.2. The molecule has 0 spiro atoms. The number of nitrogens with two attached hydrogens (primary N) is 1. The summed E-state index contributed by atoms with van der Waals surface area (Å²) in [5.74, 6) is 0. The van der Waals surface area contributed by atoms with E-state index in [4.69, 9.17) is 5.73 Å². The van der Waals surface area contributed by atoms with E-state index in [1.54, 1.807) is 6.20 Å². The predicted octanol–water partition coefficient (Wildman–Crippen LogP) is 3.00. The average molecular weight is 249 g/mol. The maximum atomic E-state index is 5.95. The van der Waals surface area contributed by atoms with E-state index < -0.39 is 0 Å². The number of nitrogens with zero attached hydrogens (tertiary/aromatic N) is 2. The van der Waals surface area contributed by atoms with Crippen LogP contribution in [0, 0.1) is 0 Å². The number of fused-ring (bicyclic) bond motifs is 1. The Morgan fingerprint density at radius 2 is 1.74 bits per heavy atom. The van der Waals surface area contributed by atoms with Gasteiger partial charge in [0.05, 0.1) is 5.52 Å². The van der Waals surface area contributed by atoms with Crippen molar-refractivity contribution in [2.24, 2.45) is 0 Å². The lowest BCUT2D eigenvalue weighted by Crippen LogP contribution is -1.98. The lowest BCUT2D eigenvalue weighted by Gasteiger charge is -2.07. The molecule has 0 aliphatic carbocycles. The first-order valence-electron chi connectivity index (χ1n) is 6.35. The first-order chi connectivity index (χ1) is 9.34. The molecule has 0 bridgehead atoms. The monoisotopic (exact) mass is 249 g/mol. The molecule has 0 saturated heterocycles. The Kier molecular flexibility index (Phi) is 3.11. The van der Waals surface area contributed by atoms with Crippen molar-refractivity contribution < 1.29 is 0 Å². The van der Waals surface area contributed by atoms with E-state index >= 15 is 0 Å². The summed E-state index contributed by atoms with van der Waals surface area (Å²) in [7, 11) is 0. The second kappa shape index (κ2) is 5.06. The van der Waals surface area contributed by atoms with Gasteiger partial charge in [-0.25, -0.2) is 0 Å². The van der Waals surface area contributed by atoms with E-state index in [9.17, 15) is 0 Å². The summed E-state index contributed by atoms with van der Waals surface area (Å²) in [5, 5.41) is 1.22. The van der Waals surface area contributed by atoms with Crippen LogP contribution in [0.15, 0.2) is 55.0 Å². The van der Waals surface area contributed by atoms with Crippen LogP contribution in [0.25, 0.3) is 10.9 Å². The van der Waals surface area contributed by atoms with E-state index in [1.165, 1.54) is 10.9 Å². The molecule has 0 fully saturated rings. The summed E-state index contributed by atoms with van der Waals surface area (Å²) in [4.78, 5) is 8.51. The third-order valence-corrected chi connectivity index (χ3v) is 3.34. The first kappa shape index (κ1) is 11.7. The molecule has 0 aliphatic rings. The summed E-state index contributed by atoms with van der Waals surface area (Å²) in [6.45, 7) is 0. The molecule has 3 aromatic rings. The second-order valence-corrected chi connectivity index (χ2v) is 4.56. The molecule has 94 valence electrons. The van der Waals surface area contributed by atoms with E-state index in [1.807, 2.05) is 36.7 Å². The fourth-order valence-corrected chi connectivity index (χ4v) is 2.29. The molecule has 3 nitrogen and oxygen atoms in total. The maximum absolute atomic E-state index is 5.95. The van der Waals surface area contributed by atoms with Crippen molar-refractivity contribution >= 4 is 16.6 Å². The second-order valence-electron chi connectivity index (χ2n) is 4.56. The van der Waals surface area contributed by atoms with Crippen molar-refractivity contribution in [3.63, 3.8) is 0 Å². The van der Waals surface area contributed by atoms with Gasteiger partial charge in [0.1, 0.15) is 0 Å². The third kappa shape index (κ3) is 2.40. The third-order valence-electron chi connectivity index (χ3n) is 3.34. The van der Waals surface area contributed by atoms with Gasteiger partial charge in [0.15, 0.2) is 0 Å². The van der Waals surface area contributed by atoms with Gasteiger partial charge in [-0.3, -0.25) is 9.97 Å². The van der Waals surface area contributed by atoms with Crippen LogP contribution >= 0.6 is 0 Å². The van der Waals surface area contributed by atoms with Gasteiger partial charge in [-0.2, -0.15) is 0 Å². The molecule has 3 heteroatoms. The molecular weight excluding hydrogens is 234 g/mol. The highest BCUT2D eigenvalue weighted by atomic mass is 14.7. The molecule has 0 unspecified atom stereocenters. The number of nitrogen functional groups attached to an aromatic ring is 1. The molecule has 3 rings (SSSR count). The molecule has 0 atom stereocenters. The van der Waals surface area contributed by atoms with E-state index in [0.29, 0.717) is 0 Å². The minimum absolute atomic E-state index is 0.813. The smallest absolute Gasteiger partial charge is 0.0704 e. The van der Waals surface area contributed by atoms with Crippen molar-refractivity contribution in [2.75, 3.05) is 5.73 Å². The number of benzene rings is 1. The molecule has 1 aromatic carbocycles. The summed E-state index contributed by atoms with van der Waals surface area (Å²) in [6, 6.07) is 12.1. The normalized spacial score (nSPS) is 10.7. The molecule has 0 aliphatic heterocycles. The number of rotatable bonds is 3. The molecule has 2 heterocycles. The minimum atomic E-state index is 0.813. The average Bonchev–Trinajstić information content (AvgIpc) is 2.46. The lowest BCUT2D eigenvalue weighted by molar-refractivity contribution is 0.959. The van der Waals surface area contributed by atoms with Crippen molar-refractivity contribution in [2.45, 2.75) is 12.8 Å². The SMILES string of the molecule is Nc1ccncc1CCc1ccnc2ccccc12. The van der Waals surface area contributed by atoms with Gasteiger partial charge in [0.2, 0.25) is 0 Å². The molecular formula is C16H15N3. The number of aryl methyl sites for hydroxylation is 2. The highest BCUT2D eigenvalue weighted by Gasteiger charge is 2.03. The largest absolute Gasteiger partial charge is 0.398 e. The number of hydrogen-bond acceptors (Lipinski definition) is 3. The van der Waals surface area contributed by atoms with Crippen LogP contribution in [0.3, 0.4) is 0 Å². The Bertz CT molecular complexity index is 702. The summed E-state index contributed by atoms with van der Waals surface area (Å²) in [6.07, 6.45) is 7.27. The molecule has 0 amide bonds. The first-order valence-corrected chi connectivity index (χ1v) is 6.35. The van der Waals surface area contributed by atoms with Gasteiger partial charge in [-0.05, 0) is 42.2 Å². The van der Waals surface area contributed by atoms with E-state index in [0.717, 1.165) is 29.6 Å². The number of pyridine rings is 2. The fourth-order valence-electron chi connectivity index (χ4n) is 2.29. The topological polar surface area (TPSA) is 51.8 Å². The van der Waals surface area contributed by atoms with Crippen LogP contribution in [0.4, 0.5) is 5.69 Å². The Morgan fingerprint density at radius 1 is 0.895 bits per heavy atom. The van der Waals surface area contributed by atoms with Crippen LogP contribution in [-0.2, 0) is 12.8 Å². The Labute approximate surface area is 112 Å². The molecule has 2 aromatic heterocycles. The Hall–Kier alpha value is -2.42. The van der Waals surface area contributed by atoms with Gasteiger partial charge in [-0.15, -0.1) is 0 Å². The Balaban J connectivity index is 1.88. The fraction of sp³-hybridized carbons (Fsp3) is 0.125. The van der Waals surface area contributed by atoms with E-state index in [-0.39, 0.29) is 0 Å². The van der Waals surface area contributed by atoms with Crippen LogP contribution in [0.1, 0.15) is 11.1 Å². The maximum Gasteiger partial charge on any atom is 0.0704 e. The number of para-hydroxylation sites is 1. The molecule has 2 N–H and O–H groups in total. The highest BCUT2D eigenvalue weighted by Crippen LogP contribution is 2.19. The van der Waals surface area contributed by atoms with Gasteiger partial charge in [-0.1, -0.05) is 18.2 Å². The summed E-state index contributed by atoms with van der Waals surface area (Å²) < 4.78 is 0. The van der Waals surface area contributed by atoms with E-state index in [2.05, 4.69) is 22.1 Å². The van der Waals surface area contributed by atoms with Gasteiger partial charge in [0.25, 0.3) is 0 Å². The van der Waals surface area contributed by atoms with Crippen molar-refractivity contribution in [3.8, 4) is 0 Å². The minimum Gasteiger partial charge on any atom is -0.398 e. The standard InChI is InChI=1S/C16H15N3/c17-15-8-9-18-11-13(15)6-5-12-7-10-19-16-4-2-1-3-14(12)16/h1-4,7-11H,5-6H2,(H2,17,18). The zero-order valence-electron chi connectivity index (χ0n) is 10.6. The van der Waals surface area contributed by atoms with Crippen LogP contribution < -0.4 is 5.73 Å². The van der Waals surface area contributed by atoms with Crippen molar-refractivity contribution in [1.82, 2.24) is 9.97 Å². The van der Waals surface area contributed by atoms with Gasteiger partial charge >= 0.3 is 0 Å².